The van der Waals surface area contributed by atoms with Gasteiger partial charge in [-0.25, -0.2) is 4.98 Å². The molecule has 4 heteroatoms. The normalized spacial score (nSPS) is 16.5. The van der Waals surface area contributed by atoms with Crippen molar-refractivity contribution in [2.45, 2.75) is 19.4 Å². The van der Waals surface area contributed by atoms with Crippen LogP contribution in [0.25, 0.3) is 10.8 Å². The maximum atomic E-state index is 13.0. The highest BCUT2D eigenvalue weighted by molar-refractivity contribution is 6.09. The Kier molecular flexibility index (Phi) is 4.13. The van der Waals surface area contributed by atoms with Crippen LogP contribution in [0.15, 0.2) is 55.0 Å². The number of imidazole rings is 1. The third kappa shape index (κ3) is 2.97. The van der Waals surface area contributed by atoms with Crippen molar-refractivity contribution in [3.8, 4) is 0 Å². The number of carbonyl (C=O) groups is 1. The summed E-state index contributed by atoms with van der Waals surface area (Å²) in [5.74, 6) is 0.432. The predicted molar refractivity (Wildman–Crippen MR) is 94.9 cm³/mol. The van der Waals surface area contributed by atoms with E-state index < -0.39 is 0 Å². The minimum absolute atomic E-state index is 0.133. The minimum Gasteiger partial charge on any atom is -0.347 e. The van der Waals surface area contributed by atoms with Crippen LogP contribution >= 0.6 is 0 Å². The first kappa shape index (κ1) is 15.1. The van der Waals surface area contributed by atoms with Gasteiger partial charge in [-0.1, -0.05) is 42.5 Å². The molecule has 3 aromatic rings. The molecule has 1 aliphatic rings. The Morgan fingerprint density at radius 1 is 1.12 bits per heavy atom. The van der Waals surface area contributed by atoms with E-state index in [0.29, 0.717) is 5.78 Å². The van der Waals surface area contributed by atoms with Gasteiger partial charge in [-0.2, -0.15) is 0 Å². The number of carbonyl (C=O) groups excluding carboxylic acids is 1. The number of H-pyrrole nitrogens is 1. The van der Waals surface area contributed by atoms with Gasteiger partial charge in [0.1, 0.15) is 0 Å². The predicted octanol–water partition coefficient (Wildman–Crippen LogP) is 3.66. The molecule has 24 heavy (non-hydrogen) atoms. The van der Waals surface area contributed by atoms with E-state index in [1.165, 1.54) is 0 Å². The van der Waals surface area contributed by atoms with Crippen molar-refractivity contribution in [1.29, 1.82) is 0 Å². The van der Waals surface area contributed by atoms with Crippen molar-refractivity contribution in [2.24, 2.45) is 5.92 Å². The van der Waals surface area contributed by atoms with Crippen molar-refractivity contribution < 1.29 is 4.79 Å². The van der Waals surface area contributed by atoms with Crippen molar-refractivity contribution >= 4 is 16.6 Å². The zero-order chi connectivity index (χ0) is 16.4. The zero-order valence-electron chi connectivity index (χ0n) is 13.6. The van der Waals surface area contributed by atoms with Gasteiger partial charge in [0.25, 0.3) is 0 Å². The summed E-state index contributed by atoms with van der Waals surface area (Å²) in [6.45, 7) is 2.80. The summed E-state index contributed by atoms with van der Waals surface area (Å²) < 4.78 is 0. The monoisotopic (exact) mass is 319 g/mol. The Labute approximate surface area is 141 Å². The fraction of sp³-hybridized carbons (Fsp3) is 0.300. The number of piperidine rings is 1. The average molecular weight is 319 g/mol. The summed E-state index contributed by atoms with van der Waals surface area (Å²) in [6, 6.07) is 14.2. The molecule has 0 bridgehead atoms. The lowest BCUT2D eigenvalue weighted by Crippen LogP contribution is -2.36. The molecule has 1 fully saturated rings. The van der Waals surface area contributed by atoms with Gasteiger partial charge >= 0.3 is 0 Å². The second-order valence-corrected chi connectivity index (χ2v) is 6.52. The van der Waals surface area contributed by atoms with Gasteiger partial charge in [-0.05, 0) is 36.7 Å². The smallest absolute Gasteiger partial charge is 0.166 e. The molecule has 2 aromatic carbocycles. The van der Waals surface area contributed by atoms with E-state index in [4.69, 9.17) is 0 Å². The summed E-state index contributed by atoms with van der Waals surface area (Å²) in [4.78, 5) is 22.6. The van der Waals surface area contributed by atoms with Crippen LogP contribution < -0.4 is 0 Å². The number of hydrogen-bond donors (Lipinski definition) is 1. The van der Waals surface area contributed by atoms with E-state index in [1.807, 2.05) is 30.5 Å². The summed E-state index contributed by atoms with van der Waals surface area (Å²) >= 11 is 0. The molecule has 0 amide bonds. The summed E-state index contributed by atoms with van der Waals surface area (Å²) in [5.41, 5.74) is 2.01. The first-order valence-electron chi connectivity index (χ1n) is 8.53. The molecule has 0 saturated carbocycles. The zero-order valence-corrected chi connectivity index (χ0v) is 13.6. The number of benzene rings is 2. The van der Waals surface area contributed by atoms with E-state index in [1.54, 1.807) is 6.33 Å². The van der Waals surface area contributed by atoms with Crippen LogP contribution in [0.5, 0.6) is 0 Å². The standard InChI is InChI=1S/C20H21N3O/c24-20(19-7-3-5-15-4-1-2-6-18(15)19)16-8-10-23(11-9-16)13-17-12-21-14-22-17/h1-7,12,14,16H,8-11,13H2,(H,21,22). The number of aromatic amines is 1. The molecule has 4 nitrogen and oxygen atoms in total. The van der Waals surface area contributed by atoms with Crippen LogP contribution in [0.3, 0.4) is 0 Å². The van der Waals surface area contributed by atoms with E-state index in [9.17, 15) is 4.79 Å². The first-order valence-corrected chi connectivity index (χ1v) is 8.53. The fourth-order valence-electron chi connectivity index (χ4n) is 3.63. The maximum Gasteiger partial charge on any atom is 0.166 e. The van der Waals surface area contributed by atoms with Gasteiger partial charge in [0.05, 0.1) is 6.33 Å². The Morgan fingerprint density at radius 2 is 1.92 bits per heavy atom. The molecule has 1 aromatic heterocycles. The van der Waals surface area contributed by atoms with Crippen LogP contribution in [0.1, 0.15) is 28.9 Å². The third-order valence-electron chi connectivity index (χ3n) is 4.96. The molecule has 1 saturated heterocycles. The molecule has 122 valence electrons. The number of aromatic nitrogens is 2. The second-order valence-electron chi connectivity index (χ2n) is 6.52. The highest BCUT2D eigenvalue weighted by Gasteiger charge is 2.26. The summed E-state index contributed by atoms with van der Waals surface area (Å²) in [5, 5.41) is 2.21. The second kappa shape index (κ2) is 6.57. The van der Waals surface area contributed by atoms with E-state index >= 15 is 0 Å². The lowest BCUT2D eigenvalue weighted by atomic mass is 9.87. The SMILES string of the molecule is O=C(c1cccc2ccccc12)C1CCN(Cc2cnc[nH]2)CC1. The molecule has 0 atom stereocenters. The van der Waals surface area contributed by atoms with Crippen molar-refractivity contribution in [3.05, 3.63) is 66.2 Å². The molecule has 4 rings (SSSR count). The topological polar surface area (TPSA) is 49.0 Å². The number of Topliss-reactive ketones (excluding diaryl/α,β-unsaturated/α-hetero) is 1. The van der Waals surface area contributed by atoms with Crippen LogP contribution in [0.2, 0.25) is 0 Å². The molecule has 0 radical (unpaired) electrons. The summed E-state index contributed by atoms with van der Waals surface area (Å²) in [6.07, 6.45) is 5.44. The number of fused-ring (bicyclic) bond motifs is 1. The average Bonchev–Trinajstić information content (AvgIpc) is 3.14. The molecule has 0 unspecified atom stereocenters. The van der Waals surface area contributed by atoms with Gasteiger partial charge in [0.2, 0.25) is 0 Å². The number of ketones is 1. The van der Waals surface area contributed by atoms with E-state index in [0.717, 1.165) is 54.5 Å². The Bertz CT molecular complexity index is 828. The molecule has 1 aliphatic heterocycles. The maximum absolute atomic E-state index is 13.0. The Hall–Kier alpha value is -2.46. The highest BCUT2D eigenvalue weighted by Crippen LogP contribution is 2.26. The third-order valence-corrected chi connectivity index (χ3v) is 4.96. The van der Waals surface area contributed by atoms with Crippen molar-refractivity contribution in [2.75, 3.05) is 13.1 Å². The lowest BCUT2D eigenvalue weighted by molar-refractivity contribution is 0.0836. The van der Waals surface area contributed by atoms with Gasteiger partial charge in [-0.3, -0.25) is 9.69 Å². The van der Waals surface area contributed by atoms with Gasteiger partial charge < -0.3 is 4.98 Å². The quantitative estimate of drug-likeness (QED) is 0.747. The largest absolute Gasteiger partial charge is 0.347 e. The van der Waals surface area contributed by atoms with Crippen LogP contribution in [-0.2, 0) is 6.54 Å². The van der Waals surface area contributed by atoms with E-state index in [2.05, 4.69) is 33.1 Å². The molecule has 1 N–H and O–H groups in total. The number of hydrogen-bond acceptors (Lipinski definition) is 3. The van der Waals surface area contributed by atoms with Crippen LogP contribution in [0.4, 0.5) is 0 Å². The van der Waals surface area contributed by atoms with Gasteiger partial charge in [0.15, 0.2) is 5.78 Å². The van der Waals surface area contributed by atoms with Gasteiger partial charge in [-0.15, -0.1) is 0 Å². The number of rotatable bonds is 4. The van der Waals surface area contributed by atoms with Crippen LogP contribution in [-0.4, -0.2) is 33.7 Å². The number of likely N-dealkylation sites (tertiary alicyclic amines) is 1. The van der Waals surface area contributed by atoms with Gasteiger partial charge in [0, 0.05) is 29.9 Å². The van der Waals surface area contributed by atoms with E-state index in [-0.39, 0.29) is 5.92 Å². The molecular weight excluding hydrogens is 298 g/mol. The van der Waals surface area contributed by atoms with Crippen molar-refractivity contribution in [1.82, 2.24) is 14.9 Å². The lowest BCUT2D eigenvalue weighted by Gasteiger charge is -2.31. The Balaban J connectivity index is 1.46. The Morgan fingerprint density at radius 3 is 2.71 bits per heavy atom. The molecule has 2 heterocycles. The highest BCUT2D eigenvalue weighted by atomic mass is 16.1. The van der Waals surface area contributed by atoms with Crippen LogP contribution in [0, 0.1) is 5.92 Å². The minimum atomic E-state index is 0.133. The molecule has 0 aliphatic carbocycles. The summed E-state index contributed by atoms with van der Waals surface area (Å²) in [7, 11) is 0. The molecular formula is C20H21N3O. The fourth-order valence-corrected chi connectivity index (χ4v) is 3.63. The number of nitrogens with one attached hydrogen (secondary N) is 1. The first-order chi connectivity index (χ1) is 11.8. The van der Waals surface area contributed by atoms with Crippen molar-refractivity contribution in [3.63, 3.8) is 0 Å². The molecule has 0 spiro atoms. The number of nitrogens with zero attached hydrogens (tertiary/aromatic N) is 2.